The van der Waals surface area contributed by atoms with E-state index in [1.54, 1.807) is 0 Å². The highest BCUT2D eigenvalue weighted by Gasteiger charge is 2.04. The van der Waals surface area contributed by atoms with Gasteiger partial charge in [0.05, 0.1) is 6.54 Å². The van der Waals surface area contributed by atoms with Crippen LogP contribution in [0.3, 0.4) is 0 Å². The van der Waals surface area contributed by atoms with Gasteiger partial charge in [0.15, 0.2) is 0 Å². The lowest BCUT2D eigenvalue weighted by Gasteiger charge is -2.03. The van der Waals surface area contributed by atoms with E-state index in [2.05, 4.69) is 52.0 Å². The van der Waals surface area contributed by atoms with Crippen LogP contribution in [0, 0.1) is 6.92 Å². The van der Waals surface area contributed by atoms with Crippen molar-refractivity contribution in [2.24, 2.45) is 0 Å². The maximum absolute atomic E-state index is 5.45. The molecule has 0 aliphatic heterocycles. The number of hydrogen-bond acceptors (Lipinski definition) is 5. The van der Waals surface area contributed by atoms with Crippen LogP contribution >= 0.6 is 0 Å². The Morgan fingerprint density at radius 2 is 2.16 bits per heavy atom. The van der Waals surface area contributed by atoms with Crippen LogP contribution in [-0.4, -0.2) is 23.3 Å². The van der Waals surface area contributed by atoms with Gasteiger partial charge in [-0.05, 0) is 25.5 Å². The number of aryl methyl sites for hydroxylation is 1. The molecular formula is C14H20N4O. The lowest BCUT2D eigenvalue weighted by atomic mass is 10.1. The lowest BCUT2D eigenvalue weighted by molar-refractivity contribution is 0.481. The topological polar surface area (TPSA) is 63.0 Å². The molecule has 0 bridgehead atoms. The van der Waals surface area contributed by atoms with Gasteiger partial charge in [-0.25, -0.2) is 0 Å². The van der Waals surface area contributed by atoms with Gasteiger partial charge in [-0.15, -0.1) is 5.10 Å². The summed E-state index contributed by atoms with van der Waals surface area (Å²) < 4.78 is 5.45. The van der Waals surface area contributed by atoms with Crippen molar-refractivity contribution in [1.29, 1.82) is 0 Å². The SMILES string of the molecule is CCNCc1nnc(NCCc2cccc(C)c2)o1. The molecule has 5 heteroatoms. The molecule has 19 heavy (non-hydrogen) atoms. The van der Waals surface area contributed by atoms with E-state index in [1.165, 1.54) is 11.1 Å². The maximum Gasteiger partial charge on any atom is 0.315 e. The summed E-state index contributed by atoms with van der Waals surface area (Å²) in [6.07, 6.45) is 0.937. The fraction of sp³-hybridized carbons (Fsp3) is 0.429. The van der Waals surface area contributed by atoms with Crippen LogP contribution in [-0.2, 0) is 13.0 Å². The summed E-state index contributed by atoms with van der Waals surface area (Å²) in [7, 11) is 0. The van der Waals surface area contributed by atoms with E-state index < -0.39 is 0 Å². The molecule has 1 aromatic carbocycles. The minimum Gasteiger partial charge on any atom is -0.407 e. The van der Waals surface area contributed by atoms with Gasteiger partial charge in [-0.3, -0.25) is 0 Å². The molecule has 0 unspecified atom stereocenters. The van der Waals surface area contributed by atoms with Crippen molar-refractivity contribution in [3.05, 3.63) is 41.3 Å². The van der Waals surface area contributed by atoms with E-state index in [1.807, 2.05) is 6.92 Å². The van der Waals surface area contributed by atoms with Crippen LogP contribution in [0.4, 0.5) is 6.01 Å². The number of nitrogens with zero attached hydrogens (tertiary/aromatic N) is 2. The Labute approximate surface area is 113 Å². The molecule has 1 aromatic heterocycles. The van der Waals surface area contributed by atoms with Crippen molar-refractivity contribution in [1.82, 2.24) is 15.5 Å². The Morgan fingerprint density at radius 1 is 1.26 bits per heavy atom. The summed E-state index contributed by atoms with van der Waals surface area (Å²) in [6, 6.07) is 8.97. The second-order valence-corrected chi connectivity index (χ2v) is 4.45. The molecule has 0 saturated carbocycles. The Bertz CT molecular complexity index is 510. The van der Waals surface area contributed by atoms with Gasteiger partial charge >= 0.3 is 6.01 Å². The maximum atomic E-state index is 5.45. The molecule has 1 heterocycles. The van der Waals surface area contributed by atoms with Crippen molar-refractivity contribution in [2.45, 2.75) is 26.8 Å². The van der Waals surface area contributed by atoms with Gasteiger partial charge in [0.2, 0.25) is 5.89 Å². The lowest BCUT2D eigenvalue weighted by Crippen LogP contribution is -2.11. The average Bonchev–Trinajstić information content (AvgIpc) is 2.84. The van der Waals surface area contributed by atoms with Crippen LogP contribution in [0.1, 0.15) is 23.9 Å². The fourth-order valence-electron chi connectivity index (χ4n) is 1.81. The summed E-state index contributed by atoms with van der Waals surface area (Å²) >= 11 is 0. The fourth-order valence-corrected chi connectivity index (χ4v) is 1.81. The smallest absolute Gasteiger partial charge is 0.315 e. The first-order chi connectivity index (χ1) is 9.28. The van der Waals surface area contributed by atoms with Crippen LogP contribution < -0.4 is 10.6 Å². The third-order valence-corrected chi connectivity index (χ3v) is 2.77. The molecule has 5 nitrogen and oxygen atoms in total. The van der Waals surface area contributed by atoms with Crippen molar-refractivity contribution in [3.8, 4) is 0 Å². The molecular weight excluding hydrogens is 240 g/mol. The van der Waals surface area contributed by atoms with Gasteiger partial charge in [-0.2, -0.15) is 0 Å². The zero-order chi connectivity index (χ0) is 13.5. The molecule has 2 N–H and O–H groups in total. The molecule has 0 atom stereocenters. The van der Waals surface area contributed by atoms with Crippen LogP contribution in [0.2, 0.25) is 0 Å². The number of anilines is 1. The molecule has 0 radical (unpaired) electrons. The molecule has 0 aliphatic rings. The van der Waals surface area contributed by atoms with Crippen molar-refractivity contribution in [3.63, 3.8) is 0 Å². The normalized spacial score (nSPS) is 10.6. The second-order valence-electron chi connectivity index (χ2n) is 4.45. The minimum absolute atomic E-state index is 0.487. The number of benzene rings is 1. The first-order valence-corrected chi connectivity index (χ1v) is 6.60. The molecule has 0 amide bonds. The Morgan fingerprint density at radius 3 is 2.95 bits per heavy atom. The van der Waals surface area contributed by atoms with E-state index in [0.717, 1.165) is 19.5 Å². The Kier molecular flexibility index (Phi) is 4.92. The number of hydrogen-bond donors (Lipinski definition) is 2. The summed E-state index contributed by atoms with van der Waals surface area (Å²) in [5.74, 6) is 0.611. The minimum atomic E-state index is 0.487. The standard InChI is InChI=1S/C14H20N4O/c1-3-15-10-13-17-18-14(19-13)16-8-7-12-6-4-5-11(2)9-12/h4-6,9,15H,3,7-8,10H2,1-2H3,(H,16,18). The van der Waals surface area contributed by atoms with E-state index in [4.69, 9.17) is 4.42 Å². The molecule has 0 spiro atoms. The molecule has 0 saturated heterocycles. The zero-order valence-corrected chi connectivity index (χ0v) is 11.4. The predicted octanol–water partition coefficient (Wildman–Crippen LogP) is 2.14. The number of nitrogens with one attached hydrogen (secondary N) is 2. The van der Waals surface area contributed by atoms with Gasteiger partial charge in [0.1, 0.15) is 0 Å². The molecule has 2 rings (SSSR count). The molecule has 0 fully saturated rings. The van der Waals surface area contributed by atoms with E-state index >= 15 is 0 Å². The largest absolute Gasteiger partial charge is 0.407 e. The Hall–Kier alpha value is -1.88. The summed E-state index contributed by atoms with van der Waals surface area (Å²) in [5, 5.41) is 14.2. The summed E-state index contributed by atoms with van der Waals surface area (Å²) in [5.41, 5.74) is 2.59. The highest BCUT2D eigenvalue weighted by atomic mass is 16.4. The predicted molar refractivity (Wildman–Crippen MR) is 75.1 cm³/mol. The monoisotopic (exact) mass is 260 g/mol. The van der Waals surface area contributed by atoms with Crippen LogP contribution in [0.15, 0.2) is 28.7 Å². The van der Waals surface area contributed by atoms with Gasteiger partial charge in [0.25, 0.3) is 0 Å². The first kappa shape index (κ1) is 13.5. The third-order valence-electron chi connectivity index (χ3n) is 2.77. The van der Waals surface area contributed by atoms with Crippen LogP contribution in [0.25, 0.3) is 0 Å². The summed E-state index contributed by atoms with van der Waals surface area (Å²) in [6.45, 7) is 6.42. The van der Waals surface area contributed by atoms with Gasteiger partial charge in [-0.1, -0.05) is 41.9 Å². The average molecular weight is 260 g/mol. The third kappa shape index (κ3) is 4.37. The van der Waals surface area contributed by atoms with Crippen molar-refractivity contribution in [2.75, 3.05) is 18.4 Å². The van der Waals surface area contributed by atoms with Crippen LogP contribution in [0.5, 0.6) is 0 Å². The van der Waals surface area contributed by atoms with Gasteiger partial charge < -0.3 is 15.1 Å². The van der Waals surface area contributed by atoms with E-state index in [0.29, 0.717) is 18.5 Å². The second kappa shape index (κ2) is 6.89. The number of rotatable bonds is 7. The molecule has 2 aromatic rings. The van der Waals surface area contributed by atoms with E-state index in [9.17, 15) is 0 Å². The Balaban J connectivity index is 1.77. The first-order valence-electron chi connectivity index (χ1n) is 6.60. The van der Waals surface area contributed by atoms with Crippen molar-refractivity contribution < 1.29 is 4.42 Å². The molecule has 0 aliphatic carbocycles. The summed E-state index contributed by atoms with van der Waals surface area (Å²) in [4.78, 5) is 0. The quantitative estimate of drug-likeness (QED) is 0.798. The highest BCUT2D eigenvalue weighted by Crippen LogP contribution is 2.07. The molecule has 102 valence electrons. The van der Waals surface area contributed by atoms with E-state index in [-0.39, 0.29) is 0 Å². The van der Waals surface area contributed by atoms with Gasteiger partial charge in [0, 0.05) is 6.54 Å². The zero-order valence-electron chi connectivity index (χ0n) is 11.4. The van der Waals surface area contributed by atoms with Crippen molar-refractivity contribution >= 4 is 6.01 Å². The number of aromatic nitrogens is 2. The highest BCUT2D eigenvalue weighted by molar-refractivity contribution is 5.24.